The van der Waals surface area contributed by atoms with E-state index >= 15 is 0 Å². The molecule has 1 fully saturated rings. The van der Waals surface area contributed by atoms with Crippen LogP contribution in [-0.4, -0.2) is 47.7 Å². The molecule has 0 bridgehead atoms. The number of likely N-dealkylation sites (tertiary alicyclic amines) is 1. The molecular formula is C21H33N3O3. The first-order valence-corrected chi connectivity index (χ1v) is 9.81. The van der Waals surface area contributed by atoms with Gasteiger partial charge in [0.15, 0.2) is 0 Å². The van der Waals surface area contributed by atoms with Crippen LogP contribution in [0.15, 0.2) is 24.3 Å². The van der Waals surface area contributed by atoms with E-state index in [0.717, 1.165) is 38.0 Å². The molecule has 1 atom stereocenters. The monoisotopic (exact) mass is 375 g/mol. The average Bonchev–Trinajstić information content (AvgIpc) is 2.60. The van der Waals surface area contributed by atoms with Gasteiger partial charge in [0.1, 0.15) is 5.60 Å². The van der Waals surface area contributed by atoms with Crippen LogP contribution in [0, 0.1) is 0 Å². The molecular weight excluding hydrogens is 342 g/mol. The molecule has 1 heterocycles. The number of aryl methyl sites for hydroxylation is 1. The van der Waals surface area contributed by atoms with Gasteiger partial charge in [0.05, 0.1) is 6.04 Å². The zero-order chi connectivity index (χ0) is 20.0. The highest BCUT2D eigenvalue weighted by atomic mass is 16.6. The molecule has 0 unspecified atom stereocenters. The molecule has 0 radical (unpaired) electrons. The Morgan fingerprint density at radius 1 is 1.19 bits per heavy atom. The minimum absolute atomic E-state index is 0.00204. The lowest BCUT2D eigenvalue weighted by Crippen LogP contribution is -2.51. The largest absolute Gasteiger partial charge is 0.444 e. The Balaban J connectivity index is 1.78. The molecule has 1 aromatic rings. The van der Waals surface area contributed by atoms with Crippen molar-refractivity contribution in [2.75, 3.05) is 18.4 Å². The van der Waals surface area contributed by atoms with Gasteiger partial charge in [-0.2, -0.15) is 0 Å². The van der Waals surface area contributed by atoms with Crippen molar-refractivity contribution in [1.29, 1.82) is 0 Å². The fourth-order valence-electron chi connectivity index (χ4n) is 3.14. The van der Waals surface area contributed by atoms with Gasteiger partial charge < -0.3 is 15.4 Å². The standard InChI is InChI=1S/C21H33N3O3/c1-6-16-7-9-17(10-8-16)22-19(25)15(2)24-13-11-18(12-14-24)23-20(26)27-21(3,4)5/h7-10,15,18H,6,11-14H2,1-5H3,(H,22,25)(H,23,26)/t15-/m0/s1. The predicted molar refractivity (Wildman–Crippen MR) is 108 cm³/mol. The van der Waals surface area contributed by atoms with E-state index < -0.39 is 5.60 Å². The molecule has 6 heteroatoms. The molecule has 6 nitrogen and oxygen atoms in total. The van der Waals surface area contributed by atoms with Crippen molar-refractivity contribution in [1.82, 2.24) is 10.2 Å². The molecule has 1 aliphatic heterocycles. The normalized spacial score (nSPS) is 17.2. The molecule has 150 valence electrons. The summed E-state index contributed by atoms with van der Waals surface area (Å²) in [5.41, 5.74) is 1.58. The number of ether oxygens (including phenoxy) is 1. The number of carbonyl (C=O) groups excluding carboxylic acids is 2. The van der Waals surface area contributed by atoms with Crippen molar-refractivity contribution in [3.8, 4) is 0 Å². The maximum atomic E-state index is 12.5. The van der Waals surface area contributed by atoms with Crippen molar-refractivity contribution in [3.63, 3.8) is 0 Å². The lowest BCUT2D eigenvalue weighted by atomic mass is 10.0. The fourth-order valence-corrected chi connectivity index (χ4v) is 3.14. The average molecular weight is 376 g/mol. The Labute approximate surface area is 162 Å². The number of nitrogens with one attached hydrogen (secondary N) is 2. The van der Waals surface area contributed by atoms with Gasteiger partial charge in [0.2, 0.25) is 5.91 Å². The highest BCUT2D eigenvalue weighted by Crippen LogP contribution is 2.16. The lowest BCUT2D eigenvalue weighted by Gasteiger charge is -2.35. The van der Waals surface area contributed by atoms with Crippen LogP contribution in [0.5, 0.6) is 0 Å². The van der Waals surface area contributed by atoms with E-state index in [1.807, 2.05) is 52.0 Å². The second kappa shape index (κ2) is 9.22. The van der Waals surface area contributed by atoms with Crippen LogP contribution in [0.2, 0.25) is 0 Å². The highest BCUT2D eigenvalue weighted by Gasteiger charge is 2.28. The molecule has 0 spiro atoms. The number of piperidine rings is 1. The van der Waals surface area contributed by atoms with Gasteiger partial charge in [-0.15, -0.1) is 0 Å². The molecule has 27 heavy (non-hydrogen) atoms. The predicted octanol–water partition coefficient (Wildman–Crippen LogP) is 3.57. The number of rotatable bonds is 5. The summed E-state index contributed by atoms with van der Waals surface area (Å²) >= 11 is 0. The van der Waals surface area contributed by atoms with E-state index in [-0.39, 0.29) is 24.1 Å². The molecule has 1 saturated heterocycles. The van der Waals surface area contributed by atoms with Crippen LogP contribution >= 0.6 is 0 Å². The minimum atomic E-state index is -0.493. The number of hydrogen-bond donors (Lipinski definition) is 2. The van der Waals surface area contributed by atoms with Crippen LogP contribution in [0.4, 0.5) is 10.5 Å². The van der Waals surface area contributed by atoms with Gasteiger partial charge in [-0.3, -0.25) is 9.69 Å². The number of nitrogens with zero attached hydrogens (tertiary/aromatic N) is 1. The molecule has 2 N–H and O–H groups in total. The van der Waals surface area contributed by atoms with Gasteiger partial charge in [-0.1, -0.05) is 19.1 Å². The number of carbonyl (C=O) groups is 2. The summed E-state index contributed by atoms with van der Waals surface area (Å²) in [6.45, 7) is 11.1. The first-order chi connectivity index (χ1) is 12.7. The van der Waals surface area contributed by atoms with E-state index in [9.17, 15) is 9.59 Å². The van der Waals surface area contributed by atoms with Gasteiger partial charge in [0.25, 0.3) is 0 Å². The Bertz CT molecular complexity index is 629. The van der Waals surface area contributed by atoms with Crippen molar-refractivity contribution in [2.45, 2.75) is 71.6 Å². The quantitative estimate of drug-likeness (QED) is 0.825. The first kappa shape index (κ1) is 21.2. The minimum Gasteiger partial charge on any atom is -0.444 e. The Hall–Kier alpha value is -2.08. The van der Waals surface area contributed by atoms with Crippen LogP contribution in [0.1, 0.15) is 53.0 Å². The summed E-state index contributed by atoms with van der Waals surface area (Å²) < 4.78 is 5.31. The number of amides is 2. The molecule has 1 aliphatic rings. The van der Waals surface area contributed by atoms with Crippen LogP contribution in [-0.2, 0) is 16.0 Å². The zero-order valence-corrected chi connectivity index (χ0v) is 17.2. The van der Waals surface area contributed by atoms with Crippen molar-refractivity contribution < 1.29 is 14.3 Å². The van der Waals surface area contributed by atoms with E-state index in [4.69, 9.17) is 4.74 Å². The third-order valence-corrected chi connectivity index (χ3v) is 4.81. The van der Waals surface area contributed by atoms with Crippen LogP contribution < -0.4 is 10.6 Å². The van der Waals surface area contributed by atoms with E-state index in [1.54, 1.807) is 0 Å². The van der Waals surface area contributed by atoms with Gasteiger partial charge in [-0.25, -0.2) is 4.79 Å². The van der Waals surface area contributed by atoms with Crippen LogP contribution in [0.3, 0.4) is 0 Å². The van der Waals surface area contributed by atoms with Gasteiger partial charge in [0, 0.05) is 24.8 Å². The summed E-state index contributed by atoms with van der Waals surface area (Å²) in [7, 11) is 0. The van der Waals surface area contributed by atoms with E-state index in [1.165, 1.54) is 5.56 Å². The molecule has 0 aromatic heterocycles. The Morgan fingerprint density at radius 3 is 2.30 bits per heavy atom. The zero-order valence-electron chi connectivity index (χ0n) is 17.2. The molecule has 1 aromatic carbocycles. The van der Waals surface area contributed by atoms with E-state index in [0.29, 0.717) is 0 Å². The summed E-state index contributed by atoms with van der Waals surface area (Å²) in [6.07, 6.45) is 2.23. The van der Waals surface area contributed by atoms with Gasteiger partial charge in [-0.05, 0) is 64.7 Å². The second-order valence-electron chi connectivity index (χ2n) is 8.17. The first-order valence-electron chi connectivity index (χ1n) is 9.81. The fraction of sp³-hybridized carbons (Fsp3) is 0.619. The van der Waals surface area contributed by atoms with Crippen molar-refractivity contribution in [2.24, 2.45) is 0 Å². The third kappa shape index (κ3) is 6.86. The summed E-state index contributed by atoms with van der Waals surface area (Å²) in [5, 5.41) is 5.92. The van der Waals surface area contributed by atoms with Crippen molar-refractivity contribution >= 4 is 17.7 Å². The third-order valence-electron chi connectivity index (χ3n) is 4.81. The smallest absolute Gasteiger partial charge is 0.407 e. The number of alkyl carbamates (subject to hydrolysis) is 1. The summed E-state index contributed by atoms with van der Waals surface area (Å²) in [4.78, 5) is 26.6. The molecule has 0 aliphatic carbocycles. The molecule has 2 amide bonds. The highest BCUT2D eigenvalue weighted by molar-refractivity contribution is 5.94. The SMILES string of the molecule is CCc1ccc(NC(=O)[C@H](C)N2CCC(NC(=O)OC(C)(C)C)CC2)cc1. The number of hydrogen-bond acceptors (Lipinski definition) is 4. The number of benzene rings is 1. The lowest BCUT2D eigenvalue weighted by molar-refractivity contribution is -0.121. The van der Waals surface area contributed by atoms with Crippen LogP contribution in [0.25, 0.3) is 0 Å². The maximum absolute atomic E-state index is 12.5. The van der Waals surface area contributed by atoms with Crippen molar-refractivity contribution in [3.05, 3.63) is 29.8 Å². The Morgan fingerprint density at radius 2 is 1.78 bits per heavy atom. The maximum Gasteiger partial charge on any atom is 0.407 e. The van der Waals surface area contributed by atoms with Gasteiger partial charge >= 0.3 is 6.09 Å². The number of anilines is 1. The topological polar surface area (TPSA) is 70.7 Å². The second-order valence-corrected chi connectivity index (χ2v) is 8.17. The van der Waals surface area contributed by atoms with E-state index in [2.05, 4.69) is 22.5 Å². The Kier molecular flexibility index (Phi) is 7.25. The summed E-state index contributed by atoms with van der Waals surface area (Å²) in [5.74, 6) is -0.00204. The molecule has 2 rings (SSSR count). The molecule has 0 saturated carbocycles. The summed E-state index contributed by atoms with van der Waals surface area (Å²) in [6, 6.07) is 7.84.